The lowest BCUT2D eigenvalue weighted by atomic mass is 10.1. The molecule has 1 heterocycles. The number of carbonyl (C=O) groups is 2. The van der Waals surface area contributed by atoms with E-state index in [1.54, 1.807) is 18.2 Å². The van der Waals surface area contributed by atoms with Crippen molar-refractivity contribution in [3.8, 4) is 11.5 Å². The van der Waals surface area contributed by atoms with Crippen molar-refractivity contribution in [3.63, 3.8) is 0 Å². The zero-order valence-electron chi connectivity index (χ0n) is 17.6. The minimum Gasteiger partial charge on any atom is -0.493 e. The first-order valence-electron chi connectivity index (χ1n) is 9.98. The number of imide groups is 1. The molecule has 0 N–H and O–H groups in total. The lowest BCUT2D eigenvalue weighted by molar-refractivity contribution is -0.123. The van der Waals surface area contributed by atoms with Crippen LogP contribution in [0.5, 0.6) is 11.5 Å². The fourth-order valence-electron chi connectivity index (χ4n) is 3.30. The van der Waals surface area contributed by atoms with Crippen LogP contribution < -0.4 is 9.47 Å². The van der Waals surface area contributed by atoms with Crippen LogP contribution in [-0.2, 0) is 17.9 Å². The van der Waals surface area contributed by atoms with Crippen LogP contribution in [0.4, 0.5) is 4.79 Å². The number of nitrogens with zero attached hydrogens (tertiary/aromatic N) is 1. The zero-order valence-corrected chi connectivity index (χ0v) is 20.7. The molecule has 1 aliphatic heterocycles. The summed E-state index contributed by atoms with van der Waals surface area (Å²) in [6.07, 6.45) is 1.64. The molecule has 2 amide bonds. The third-order valence-electron chi connectivity index (χ3n) is 4.88. The molecule has 4 rings (SSSR count). The molecule has 0 unspecified atom stereocenters. The first kappa shape index (κ1) is 23.4. The Morgan fingerprint density at radius 2 is 1.79 bits per heavy atom. The number of methoxy groups -OCH3 is 1. The van der Waals surface area contributed by atoms with Gasteiger partial charge >= 0.3 is 0 Å². The predicted octanol–water partition coefficient (Wildman–Crippen LogP) is 6.93. The van der Waals surface area contributed by atoms with Gasteiger partial charge in [0.15, 0.2) is 11.5 Å². The van der Waals surface area contributed by atoms with Crippen LogP contribution in [0.3, 0.4) is 0 Å². The van der Waals surface area contributed by atoms with Crippen LogP contribution >= 0.6 is 39.3 Å². The maximum absolute atomic E-state index is 12.9. The number of hydrogen-bond donors (Lipinski definition) is 0. The Bertz CT molecular complexity index is 1230. The molecule has 0 radical (unpaired) electrons. The third-order valence-corrected chi connectivity index (χ3v) is 6.56. The number of carbonyl (C=O) groups excluding carboxylic acids is 2. The molecule has 3 aromatic carbocycles. The lowest BCUT2D eigenvalue weighted by Crippen LogP contribution is -2.27. The van der Waals surface area contributed by atoms with Gasteiger partial charge in [-0.3, -0.25) is 14.5 Å². The summed E-state index contributed by atoms with van der Waals surface area (Å²) in [6.45, 7) is 0.544. The molecule has 1 saturated heterocycles. The summed E-state index contributed by atoms with van der Waals surface area (Å²) < 4.78 is 12.2. The second-order valence-corrected chi connectivity index (χ2v) is 9.52. The number of halogens is 2. The van der Waals surface area contributed by atoms with Crippen molar-refractivity contribution < 1.29 is 19.1 Å². The summed E-state index contributed by atoms with van der Waals surface area (Å²) in [5.74, 6) is 0.519. The number of amides is 2. The van der Waals surface area contributed by atoms with E-state index >= 15 is 0 Å². The summed E-state index contributed by atoms with van der Waals surface area (Å²) in [4.78, 5) is 26.9. The van der Waals surface area contributed by atoms with Gasteiger partial charge in [-0.05, 0) is 58.8 Å². The van der Waals surface area contributed by atoms with Crippen molar-refractivity contribution in [2.24, 2.45) is 0 Å². The molecule has 1 aliphatic rings. The molecule has 0 atom stereocenters. The molecule has 1 fully saturated rings. The van der Waals surface area contributed by atoms with Gasteiger partial charge in [-0.1, -0.05) is 70.0 Å². The molecule has 33 heavy (non-hydrogen) atoms. The van der Waals surface area contributed by atoms with Gasteiger partial charge in [0.25, 0.3) is 11.1 Å². The van der Waals surface area contributed by atoms with Gasteiger partial charge in [0.2, 0.25) is 0 Å². The summed E-state index contributed by atoms with van der Waals surface area (Å²) in [7, 11) is 1.52. The van der Waals surface area contributed by atoms with Crippen LogP contribution in [0.2, 0.25) is 5.02 Å². The van der Waals surface area contributed by atoms with Gasteiger partial charge in [0.1, 0.15) is 6.61 Å². The largest absolute Gasteiger partial charge is 0.493 e. The molecular formula is C25H19BrClNO4S. The Balaban J connectivity index is 1.54. The van der Waals surface area contributed by atoms with Gasteiger partial charge in [-0.2, -0.15) is 0 Å². The van der Waals surface area contributed by atoms with Gasteiger partial charge in [-0.25, -0.2) is 0 Å². The average molecular weight is 545 g/mol. The number of ether oxygens (including phenoxy) is 2. The van der Waals surface area contributed by atoms with Crippen molar-refractivity contribution in [1.82, 2.24) is 4.90 Å². The van der Waals surface area contributed by atoms with Gasteiger partial charge in [0.05, 0.1) is 23.6 Å². The van der Waals surface area contributed by atoms with E-state index in [2.05, 4.69) is 15.9 Å². The first-order valence-corrected chi connectivity index (χ1v) is 12.0. The molecular weight excluding hydrogens is 526 g/mol. The first-order chi connectivity index (χ1) is 15.9. The third kappa shape index (κ3) is 5.61. The van der Waals surface area contributed by atoms with Crippen molar-refractivity contribution in [1.29, 1.82) is 0 Å². The maximum Gasteiger partial charge on any atom is 0.293 e. The number of benzene rings is 3. The van der Waals surface area contributed by atoms with E-state index in [-0.39, 0.29) is 17.7 Å². The standard InChI is InChI=1S/C25H19BrClNO4S/c1-31-21-12-18(11-20(27)23(21)32-15-16-6-3-2-4-7-16)13-22-24(29)28(25(30)33-22)14-17-8-5-9-19(26)10-17/h2-13H,14-15H2,1H3/b22-13-. The Morgan fingerprint density at radius 3 is 2.52 bits per heavy atom. The monoisotopic (exact) mass is 543 g/mol. The Morgan fingerprint density at radius 1 is 1.03 bits per heavy atom. The quantitative estimate of drug-likeness (QED) is 0.302. The van der Waals surface area contributed by atoms with E-state index in [0.717, 1.165) is 27.4 Å². The summed E-state index contributed by atoms with van der Waals surface area (Å²) in [6, 6.07) is 20.6. The molecule has 0 bridgehead atoms. The van der Waals surface area contributed by atoms with Crippen LogP contribution in [0.25, 0.3) is 6.08 Å². The summed E-state index contributed by atoms with van der Waals surface area (Å²) >= 11 is 10.8. The molecule has 168 valence electrons. The summed E-state index contributed by atoms with van der Waals surface area (Å²) in [5.41, 5.74) is 2.49. The number of thioether (sulfide) groups is 1. The molecule has 0 aromatic heterocycles. The number of rotatable bonds is 7. The smallest absolute Gasteiger partial charge is 0.293 e. The maximum atomic E-state index is 12.9. The van der Waals surface area contributed by atoms with E-state index in [1.807, 2.05) is 54.6 Å². The van der Waals surface area contributed by atoms with Crippen LogP contribution in [0.15, 0.2) is 76.1 Å². The molecule has 0 saturated carbocycles. The van der Waals surface area contributed by atoms with E-state index in [4.69, 9.17) is 21.1 Å². The van der Waals surface area contributed by atoms with Crippen LogP contribution in [-0.4, -0.2) is 23.2 Å². The topological polar surface area (TPSA) is 55.8 Å². The van der Waals surface area contributed by atoms with Crippen molar-refractivity contribution in [3.05, 3.63) is 97.8 Å². The van der Waals surface area contributed by atoms with Crippen molar-refractivity contribution in [2.45, 2.75) is 13.2 Å². The fraction of sp³-hybridized carbons (Fsp3) is 0.120. The van der Waals surface area contributed by atoms with E-state index in [1.165, 1.54) is 12.0 Å². The highest BCUT2D eigenvalue weighted by Gasteiger charge is 2.35. The van der Waals surface area contributed by atoms with Gasteiger partial charge in [-0.15, -0.1) is 0 Å². The van der Waals surface area contributed by atoms with Crippen LogP contribution in [0, 0.1) is 0 Å². The van der Waals surface area contributed by atoms with Crippen LogP contribution in [0.1, 0.15) is 16.7 Å². The molecule has 0 spiro atoms. The highest BCUT2D eigenvalue weighted by molar-refractivity contribution is 9.10. The Labute approximate surface area is 209 Å². The average Bonchev–Trinajstić information content (AvgIpc) is 3.06. The minimum atomic E-state index is -0.343. The SMILES string of the molecule is COc1cc(/C=C2\SC(=O)N(Cc3cccc(Br)c3)C2=O)cc(Cl)c1OCc1ccccc1. The summed E-state index contributed by atoms with van der Waals surface area (Å²) in [5, 5.41) is 0.0389. The van der Waals surface area contributed by atoms with E-state index in [0.29, 0.717) is 33.6 Å². The van der Waals surface area contributed by atoms with Gasteiger partial charge < -0.3 is 9.47 Å². The van der Waals surface area contributed by atoms with Gasteiger partial charge in [0, 0.05) is 4.47 Å². The molecule has 3 aromatic rings. The highest BCUT2D eigenvalue weighted by atomic mass is 79.9. The van der Waals surface area contributed by atoms with E-state index < -0.39 is 0 Å². The highest BCUT2D eigenvalue weighted by Crippen LogP contribution is 2.39. The number of hydrogen-bond acceptors (Lipinski definition) is 5. The molecule has 8 heteroatoms. The molecule has 5 nitrogen and oxygen atoms in total. The Kier molecular flexibility index (Phi) is 7.42. The van der Waals surface area contributed by atoms with Crippen molar-refractivity contribution >= 4 is 56.5 Å². The normalized spacial score (nSPS) is 14.8. The molecule has 0 aliphatic carbocycles. The second kappa shape index (κ2) is 10.5. The van der Waals surface area contributed by atoms with Crippen molar-refractivity contribution in [2.75, 3.05) is 7.11 Å². The minimum absolute atomic E-state index is 0.206. The zero-order chi connectivity index (χ0) is 23.4. The van der Waals surface area contributed by atoms with E-state index in [9.17, 15) is 9.59 Å². The fourth-order valence-corrected chi connectivity index (χ4v) is 4.86. The Hall–Kier alpha value is -2.74. The lowest BCUT2D eigenvalue weighted by Gasteiger charge is -2.14. The predicted molar refractivity (Wildman–Crippen MR) is 134 cm³/mol. The second-order valence-electron chi connectivity index (χ2n) is 7.21.